The number of thioether (sulfide) groups is 1. The summed E-state index contributed by atoms with van der Waals surface area (Å²) >= 11 is 2.80. The van der Waals surface area contributed by atoms with Crippen LogP contribution < -0.4 is 0 Å². The third-order valence-electron chi connectivity index (χ3n) is 2.64. The zero-order valence-corrected chi connectivity index (χ0v) is 12.2. The minimum Gasteiger partial charge on any atom is -0.481 e. The summed E-state index contributed by atoms with van der Waals surface area (Å²) in [5, 5.41) is 8.80. The lowest BCUT2D eigenvalue weighted by atomic mass is 10.3. The van der Waals surface area contributed by atoms with Gasteiger partial charge in [0.25, 0.3) is 0 Å². The Balaban J connectivity index is 2.04. The topological polar surface area (TPSA) is 84.3 Å². The molecule has 100 valence electrons. The lowest BCUT2D eigenvalue weighted by Crippen LogP contribution is -2.05. The van der Waals surface area contributed by atoms with Gasteiger partial charge in [0.2, 0.25) is 0 Å². The van der Waals surface area contributed by atoms with Crippen molar-refractivity contribution in [2.75, 3.05) is 11.5 Å². The van der Waals surface area contributed by atoms with Crippen LogP contribution in [0.4, 0.5) is 0 Å². The molecule has 1 saturated heterocycles. The number of aliphatic carboxylic acids is 1. The summed E-state index contributed by atoms with van der Waals surface area (Å²) in [5.74, 6) is -0.427. The molecule has 18 heavy (non-hydrogen) atoms. The van der Waals surface area contributed by atoms with Gasteiger partial charge < -0.3 is 5.11 Å². The van der Waals surface area contributed by atoms with Gasteiger partial charge in [0.15, 0.2) is 14.2 Å². The van der Waals surface area contributed by atoms with Crippen LogP contribution in [0.25, 0.3) is 0 Å². The lowest BCUT2D eigenvalue weighted by Gasteiger charge is -2.02. The van der Waals surface area contributed by atoms with Gasteiger partial charge in [0, 0.05) is 10.1 Å². The van der Waals surface area contributed by atoms with Gasteiger partial charge in [-0.1, -0.05) is 11.8 Å². The zero-order valence-electron chi connectivity index (χ0n) is 9.75. The Morgan fingerprint density at radius 1 is 1.61 bits per heavy atom. The van der Waals surface area contributed by atoms with Gasteiger partial charge in [0.1, 0.15) is 0 Å². The van der Waals surface area contributed by atoms with Crippen molar-refractivity contribution in [1.82, 2.24) is 4.98 Å². The maximum Gasteiger partial charge on any atom is 0.308 e. The fourth-order valence-corrected chi connectivity index (χ4v) is 6.73. The summed E-state index contributed by atoms with van der Waals surface area (Å²) in [5.41, 5.74) is 0.728. The highest BCUT2D eigenvalue weighted by Gasteiger charge is 2.29. The largest absolute Gasteiger partial charge is 0.481 e. The Kier molecular flexibility index (Phi) is 3.98. The summed E-state index contributed by atoms with van der Waals surface area (Å²) in [6, 6.07) is 0. The number of carbonyl (C=O) groups is 1. The molecular formula is C10H13NO4S3. The van der Waals surface area contributed by atoms with E-state index in [2.05, 4.69) is 4.98 Å². The molecule has 0 saturated carbocycles. The molecule has 0 aliphatic carbocycles. The van der Waals surface area contributed by atoms with Crippen molar-refractivity contribution in [3.63, 3.8) is 0 Å². The van der Waals surface area contributed by atoms with E-state index in [1.54, 1.807) is 6.92 Å². The third-order valence-corrected chi connectivity index (χ3v) is 7.14. The average molecular weight is 307 g/mol. The first-order chi connectivity index (χ1) is 8.35. The van der Waals surface area contributed by atoms with E-state index in [1.165, 1.54) is 23.1 Å². The molecule has 1 N–H and O–H groups in total. The highest BCUT2D eigenvalue weighted by atomic mass is 32.2. The molecule has 1 atom stereocenters. The number of hydrogen-bond acceptors (Lipinski definition) is 6. The van der Waals surface area contributed by atoms with Crippen LogP contribution in [0.1, 0.15) is 17.0 Å². The molecule has 0 spiro atoms. The van der Waals surface area contributed by atoms with Gasteiger partial charge in [-0.25, -0.2) is 13.4 Å². The normalized spacial score (nSPS) is 22.2. The predicted molar refractivity (Wildman–Crippen MR) is 71.1 cm³/mol. The molecule has 5 nitrogen and oxygen atoms in total. The SMILES string of the molecule is Cc1nc(SC2CCS(=O)(=O)C2)sc1CC(=O)O. The second-order valence-electron chi connectivity index (χ2n) is 4.20. The van der Waals surface area contributed by atoms with Gasteiger partial charge in [-0.2, -0.15) is 0 Å². The molecule has 2 heterocycles. The first kappa shape index (κ1) is 13.8. The Labute approximate surface area is 114 Å². The Hall–Kier alpha value is -0.600. The average Bonchev–Trinajstić information content (AvgIpc) is 2.71. The minimum absolute atomic E-state index is 0.0208. The van der Waals surface area contributed by atoms with Crippen LogP contribution in [-0.2, 0) is 21.1 Å². The van der Waals surface area contributed by atoms with E-state index >= 15 is 0 Å². The minimum atomic E-state index is -2.88. The van der Waals surface area contributed by atoms with Crippen LogP contribution in [0.5, 0.6) is 0 Å². The maximum atomic E-state index is 11.3. The number of nitrogens with zero attached hydrogens (tertiary/aromatic N) is 1. The second-order valence-corrected chi connectivity index (χ2v) is 9.06. The molecule has 8 heteroatoms. The van der Waals surface area contributed by atoms with Gasteiger partial charge in [0.05, 0.1) is 23.6 Å². The fraction of sp³-hybridized carbons (Fsp3) is 0.600. The molecular weight excluding hydrogens is 294 g/mol. The van der Waals surface area contributed by atoms with Crippen LogP contribution in [0, 0.1) is 6.92 Å². The van der Waals surface area contributed by atoms with Gasteiger partial charge >= 0.3 is 5.97 Å². The van der Waals surface area contributed by atoms with Crippen molar-refractivity contribution in [2.45, 2.75) is 29.4 Å². The number of aryl methyl sites for hydroxylation is 1. The number of carboxylic acid groups (broad SMARTS) is 1. The number of thiazole rings is 1. The first-order valence-electron chi connectivity index (χ1n) is 5.41. The Morgan fingerprint density at radius 2 is 2.33 bits per heavy atom. The van der Waals surface area contributed by atoms with Crippen molar-refractivity contribution in [3.05, 3.63) is 10.6 Å². The van der Waals surface area contributed by atoms with Crippen molar-refractivity contribution in [3.8, 4) is 0 Å². The van der Waals surface area contributed by atoms with Crippen molar-refractivity contribution < 1.29 is 18.3 Å². The van der Waals surface area contributed by atoms with E-state index in [1.807, 2.05) is 0 Å². The van der Waals surface area contributed by atoms with Crippen molar-refractivity contribution >= 4 is 38.9 Å². The fourth-order valence-electron chi connectivity index (χ4n) is 1.75. The number of rotatable bonds is 4. The molecule has 1 unspecified atom stereocenters. The lowest BCUT2D eigenvalue weighted by molar-refractivity contribution is -0.136. The van der Waals surface area contributed by atoms with Crippen LogP contribution in [0.2, 0.25) is 0 Å². The monoisotopic (exact) mass is 307 g/mol. The Bertz CT molecular complexity index is 564. The van der Waals surface area contributed by atoms with E-state index in [4.69, 9.17) is 5.11 Å². The number of sulfone groups is 1. The smallest absolute Gasteiger partial charge is 0.308 e. The zero-order chi connectivity index (χ0) is 13.3. The van der Waals surface area contributed by atoms with E-state index in [0.717, 1.165) is 14.9 Å². The molecule has 0 amide bonds. The maximum absolute atomic E-state index is 11.3. The van der Waals surface area contributed by atoms with Crippen LogP contribution in [0.15, 0.2) is 4.34 Å². The van der Waals surface area contributed by atoms with Crippen molar-refractivity contribution in [1.29, 1.82) is 0 Å². The van der Waals surface area contributed by atoms with Gasteiger partial charge in [-0.05, 0) is 13.3 Å². The highest BCUT2D eigenvalue weighted by Crippen LogP contribution is 2.34. The predicted octanol–water partition coefficient (Wildman–Crippen LogP) is 1.36. The van der Waals surface area contributed by atoms with Gasteiger partial charge in [-0.3, -0.25) is 4.79 Å². The molecule has 2 rings (SSSR count). The summed E-state index contributed by atoms with van der Waals surface area (Å²) in [7, 11) is -2.88. The van der Waals surface area contributed by atoms with E-state index < -0.39 is 15.8 Å². The van der Waals surface area contributed by atoms with E-state index in [9.17, 15) is 13.2 Å². The number of aromatic nitrogens is 1. The summed E-state index contributed by atoms with van der Waals surface area (Å²) < 4.78 is 23.5. The molecule has 0 aromatic carbocycles. The Morgan fingerprint density at radius 3 is 2.89 bits per heavy atom. The molecule has 0 radical (unpaired) electrons. The number of hydrogen-bond donors (Lipinski definition) is 1. The van der Waals surface area contributed by atoms with E-state index in [-0.39, 0.29) is 23.2 Å². The molecule has 1 aliphatic rings. The van der Waals surface area contributed by atoms with E-state index in [0.29, 0.717) is 6.42 Å². The highest BCUT2D eigenvalue weighted by molar-refractivity contribution is 8.03. The van der Waals surface area contributed by atoms with Crippen LogP contribution in [0.3, 0.4) is 0 Å². The van der Waals surface area contributed by atoms with Crippen molar-refractivity contribution in [2.24, 2.45) is 0 Å². The second kappa shape index (κ2) is 5.18. The third kappa shape index (κ3) is 3.46. The summed E-state index contributed by atoms with van der Waals surface area (Å²) in [6.45, 7) is 1.78. The molecule has 0 bridgehead atoms. The molecule has 1 aliphatic heterocycles. The molecule has 1 fully saturated rings. The number of carboxylic acids is 1. The first-order valence-corrected chi connectivity index (χ1v) is 8.92. The quantitative estimate of drug-likeness (QED) is 0.904. The summed E-state index contributed by atoms with van der Waals surface area (Å²) in [6.07, 6.45) is 0.632. The standard InChI is InChI=1S/C10H13NO4S3/c1-6-8(4-9(12)13)17-10(11-6)16-7-2-3-18(14,15)5-7/h7H,2-5H2,1H3,(H,12,13). The molecule has 1 aromatic heterocycles. The van der Waals surface area contributed by atoms with Crippen LogP contribution in [-0.4, -0.2) is 41.2 Å². The summed E-state index contributed by atoms with van der Waals surface area (Å²) in [4.78, 5) is 15.7. The van der Waals surface area contributed by atoms with Crippen LogP contribution >= 0.6 is 23.1 Å². The molecule has 1 aromatic rings. The van der Waals surface area contributed by atoms with Gasteiger partial charge in [-0.15, -0.1) is 11.3 Å².